The van der Waals surface area contributed by atoms with E-state index in [2.05, 4.69) is 24.2 Å². The number of rotatable bonds is 2. The Hall–Kier alpha value is -2.24. The van der Waals surface area contributed by atoms with Gasteiger partial charge in [-0.25, -0.2) is 4.68 Å². The van der Waals surface area contributed by atoms with Crippen LogP contribution in [0.1, 0.15) is 33.1 Å². The van der Waals surface area contributed by atoms with Crippen molar-refractivity contribution in [1.82, 2.24) is 19.9 Å². The number of aromatic nitrogens is 3. The molecule has 0 spiro atoms. The fraction of sp³-hybridized carbons (Fsp3) is 0.500. The Morgan fingerprint density at radius 2 is 1.91 bits per heavy atom. The summed E-state index contributed by atoms with van der Waals surface area (Å²) in [6, 6.07) is 7.46. The number of likely N-dealkylation sites (tertiary alicyclic amines) is 1. The molecule has 116 valence electrons. The molecule has 1 aliphatic heterocycles. The second kappa shape index (κ2) is 5.87. The van der Waals surface area contributed by atoms with Crippen LogP contribution in [0.3, 0.4) is 0 Å². The van der Waals surface area contributed by atoms with Gasteiger partial charge in [0, 0.05) is 12.1 Å². The topological polar surface area (TPSA) is 68.1 Å². The Kier molecular flexibility index (Phi) is 3.92. The highest BCUT2D eigenvalue weighted by Gasteiger charge is 2.29. The smallest absolute Gasteiger partial charge is 0.278 e. The summed E-state index contributed by atoms with van der Waals surface area (Å²) >= 11 is 0. The highest BCUT2D eigenvalue weighted by atomic mass is 16.2. The molecule has 0 aliphatic carbocycles. The molecule has 0 saturated carbocycles. The molecule has 1 aromatic heterocycles. The zero-order valence-corrected chi connectivity index (χ0v) is 12.9. The van der Waals surface area contributed by atoms with Crippen LogP contribution in [0.15, 0.2) is 29.1 Å². The number of nitrogens with zero attached hydrogens (tertiary/aromatic N) is 4. The fourth-order valence-electron chi connectivity index (χ4n) is 3.25. The van der Waals surface area contributed by atoms with Gasteiger partial charge in [-0.2, -0.15) is 0 Å². The van der Waals surface area contributed by atoms with Crippen molar-refractivity contribution in [2.45, 2.75) is 51.7 Å². The minimum Gasteiger partial charge on any atom is -0.336 e. The zero-order chi connectivity index (χ0) is 15.7. The van der Waals surface area contributed by atoms with E-state index in [-0.39, 0.29) is 30.1 Å². The maximum absolute atomic E-state index is 12.6. The molecule has 1 amide bonds. The number of carbonyl (C=O) groups excluding carboxylic acids is 1. The van der Waals surface area contributed by atoms with Crippen molar-refractivity contribution >= 4 is 16.8 Å². The summed E-state index contributed by atoms with van der Waals surface area (Å²) in [5, 5.41) is 8.41. The molecule has 6 heteroatoms. The minimum absolute atomic E-state index is 0.0503. The monoisotopic (exact) mass is 300 g/mol. The quantitative estimate of drug-likeness (QED) is 0.844. The van der Waals surface area contributed by atoms with Gasteiger partial charge in [-0.3, -0.25) is 9.59 Å². The largest absolute Gasteiger partial charge is 0.336 e. The highest BCUT2D eigenvalue weighted by Crippen LogP contribution is 2.22. The Bertz CT molecular complexity index is 745. The predicted molar refractivity (Wildman–Crippen MR) is 83.4 cm³/mol. The molecule has 1 saturated heterocycles. The number of hydrogen-bond acceptors (Lipinski definition) is 4. The van der Waals surface area contributed by atoms with Gasteiger partial charge in [0.25, 0.3) is 5.56 Å². The van der Waals surface area contributed by atoms with E-state index in [4.69, 9.17) is 0 Å². The number of fused-ring (bicyclic) bond motifs is 1. The molecular weight excluding hydrogens is 280 g/mol. The molecule has 2 atom stereocenters. The molecule has 0 bridgehead atoms. The molecule has 22 heavy (non-hydrogen) atoms. The van der Waals surface area contributed by atoms with E-state index >= 15 is 0 Å². The summed E-state index contributed by atoms with van der Waals surface area (Å²) < 4.78 is 1.17. The summed E-state index contributed by atoms with van der Waals surface area (Å²) in [6.07, 6.45) is 3.16. The van der Waals surface area contributed by atoms with Gasteiger partial charge in [-0.15, -0.1) is 5.10 Å². The van der Waals surface area contributed by atoms with E-state index < -0.39 is 0 Å². The van der Waals surface area contributed by atoms with E-state index in [0.717, 1.165) is 19.3 Å². The van der Waals surface area contributed by atoms with Gasteiger partial charge in [0.15, 0.2) is 0 Å². The first-order valence-corrected chi connectivity index (χ1v) is 7.71. The zero-order valence-electron chi connectivity index (χ0n) is 12.9. The van der Waals surface area contributed by atoms with Crippen LogP contribution in [-0.2, 0) is 11.3 Å². The predicted octanol–water partition coefficient (Wildman–Crippen LogP) is 1.58. The van der Waals surface area contributed by atoms with Gasteiger partial charge in [-0.1, -0.05) is 17.3 Å². The lowest BCUT2D eigenvalue weighted by Crippen LogP contribution is -2.49. The van der Waals surface area contributed by atoms with Crippen LogP contribution in [0.2, 0.25) is 0 Å². The molecule has 0 radical (unpaired) electrons. The van der Waals surface area contributed by atoms with E-state index in [1.165, 1.54) is 4.68 Å². The van der Waals surface area contributed by atoms with Crippen LogP contribution in [-0.4, -0.2) is 37.9 Å². The SMILES string of the molecule is C[C@@H]1CCC[C@H](C)N1C(=O)Cn1nnc2ccccc2c1=O. The summed E-state index contributed by atoms with van der Waals surface area (Å²) in [5.41, 5.74) is 0.284. The molecule has 0 N–H and O–H groups in total. The van der Waals surface area contributed by atoms with E-state index in [1.54, 1.807) is 18.2 Å². The lowest BCUT2D eigenvalue weighted by atomic mass is 9.97. The molecule has 1 aliphatic rings. The van der Waals surface area contributed by atoms with Crippen LogP contribution in [0.4, 0.5) is 0 Å². The van der Waals surface area contributed by atoms with Crippen LogP contribution < -0.4 is 5.56 Å². The van der Waals surface area contributed by atoms with Gasteiger partial charge in [-0.05, 0) is 45.2 Å². The van der Waals surface area contributed by atoms with Gasteiger partial charge in [0.1, 0.15) is 12.1 Å². The van der Waals surface area contributed by atoms with E-state index in [9.17, 15) is 9.59 Å². The van der Waals surface area contributed by atoms with Gasteiger partial charge < -0.3 is 4.90 Å². The lowest BCUT2D eigenvalue weighted by Gasteiger charge is -2.39. The first-order valence-electron chi connectivity index (χ1n) is 7.71. The average molecular weight is 300 g/mol. The third kappa shape index (κ3) is 2.61. The number of benzene rings is 1. The third-order valence-corrected chi connectivity index (χ3v) is 4.40. The maximum atomic E-state index is 12.6. The third-order valence-electron chi connectivity index (χ3n) is 4.40. The highest BCUT2D eigenvalue weighted by molar-refractivity contribution is 5.78. The van der Waals surface area contributed by atoms with E-state index in [0.29, 0.717) is 10.9 Å². The van der Waals surface area contributed by atoms with Crippen LogP contribution >= 0.6 is 0 Å². The summed E-state index contributed by atoms with van der Waals surface area (Å²) in [6.45, 7) is 4.07. The van der Waals surface area contributed by atoms with Crippen molar-refractivity contribution in [3.05, 3.63) is 34.6 Å². The van der Waals surface area contributed by atoms with Crippen molar-refractivity contribution in [3.63, 3.8) is 0 Å². The van der Waals surface area contributed by atoms with Crippen LogP contribution in [0.5, 0.6) is 0 Å². The second-order valence-electron chi connectivity index (χ2n) is 6.00. The molecule has 2 heterocycles. The second-order valence-corrected chi connectivity index (χ2v) is 6.00. The van der Waals surface area contributed by atoms with Gasteiger partial charge in [0.05, 0.1) is 5.39 Å². The van der Waals surface area contributed by atoms with Gasteiger partial charge >= 0.3 is 0 Å². The normalized spacial score (nSPS) is 22.0. The molecule has 1 fully saturated rings. The number of hydrogen-bond donors (Lipinski definition) is 0. The Morgan fingerprint density at radius 3 is 2.64 bits per heavy atom. The number of amides is 1. The maximum Gasteiger partial charge on any atom is 0.278 e. The molecule has 6 nitrogen and oxygen atoms in total. The Balaban J connectivity index is 1.88. The van der Waals surface area contributed by atoms with Gasteiger partial charge in [0.2, 0.25) is 5.91 Å². The van der Waals surface area contributed by atoms with Crippen LogP contribution in [0.25, 0.3) is 10.9 Å². The standard InChI is InChI=1S/C16H20N4O2/c1-11-6-5-7-12(2)20(11)15(21)10-19-16(22)13-8-3-4-9-14(13)17-18-19/h3-4,8-9,11-12H,5-7,10H2,1-2H3/t11-,12+. The molecule has 3 rings (SSSR count). The minimum atomic E-state index is -0.267. The number of piperidine rings is 1. The fourth-order valence-corrected chi connectivity index (χ4v) is 3.25. The molecule has 1 aromatic carbocycles. The van der Waals surface area contributed by atoms with Crippen molar-refractivity contribution in [3.8, 4) is 0 Å². The van der Waals surface area contributed by atoms with Crippen LogP contribution in [0, 0.1) is 0 Å². The summed E-state index contributed by atoms with van der Waals surface area (Å²) in [4.78, 5) is 26.9. The van der Waals surface area contributed by atoms with E-state index in [1.807, 2.05) is 11.0 Å². The first-order chi connectivity index (χ1) is 10.6. The molecule has 0 unspecified atom stereocenters. The average Bonchev–Trinajstić information content (AvgIpc) is 2.50. The van der Waals surface area contributed by atoms with Crippen molar-refractivity contribution in [2.75, 3.05) is 0 Å². The Morgan fingerprint density at radius 1 is 1.23 bits per heavy atom. The van der Waals surface area contributed by atoms with Crippen molar-refractivity contribution in [2.24, 2.45) is 0 Å². The van der Waals surface area contributed by atoms with Crippen molar-refractivity contribution < 1.29 is 4.79 Å². The number of carbonyl (C=O) groups is 1. The summed E-state index contributed by atoms with van der Waals surface area (Å²) in [7, 11) is 0. The summed E-state index contributed by atoms with van der Waals surface area (Å²) in [5.74, 6) is -0.0635. The van der Waals surface area contributed by atoms with Crippen molar-refractivity contribution in [1.29, 1.82) is 0 Å². The lowest BCUT2D eigenvalue weighted by molar-refractivity contribution is -0.138. The Labute approximate surface area is 128 Å². The first kappa shape index (κ1) is 14.7. The molecular formula is C16H20N4O2. The molecule has 2 aromatic rings.